The molecule has 0 aliphatic heterocycles. The SMILES string of the molecule is CCCCCCCCOS(=O)(=O)[O-].COC(C)NC(=O)[C@@H](C)[n+]1cc[nH]c1. The maximum absolute atomic E-state index is 11.6. The van der Waals surface area contributed by atoms with Gasteiger partial charge in [-0.2, -0.15) is 0 Å². The lowest BCUT2D eigenvalue weighted by Crippen LogP contribution is -2.48. The second kappa shape index (κ2) is 14.6. The smallest absolute Gasteiger partial charge is 0.267 e. The van der Waals surface area contributed by atoms with Gasteiger partial charge in [0.25, 0.3) is 5.91 Å². The summed E-state index contributed by atoms with van der Waals surface area (Å²) in [7, 11) is -2.92. The van der Waals surface area contributed by atoms with Gasteiger partial charge in [-0.15, -0.1) is 0 Å². The number of aromatic nitrogens is 2. The summed E-state index contributed by atoms with van der Waals surface area (Å²) in [5.74, 6) is -0.0658. The van der Waals surface area contributed by atoms with E-state index in [9.17, 15) is 17.8 Å². The Morgan fingerprint density at radius 3 is 2.37 bits per heavy atom. The van der Waals surface area contributed by atoms with Gasteiger partial charge in [0.15, 0.2) is 6.04 Å². The van der Waals surface area contributed by atoms with Crippen LogP contribution >= 0.6 is 0 Å². The molecule has 1 amide bonds. The Bertz CT molecular complexity index is 592. The Kier molecular flexibility index (Phi) is 13.8. The molecule has 1 aromatic rings. The lowest BCUT2D eigenvalue weighted by molar-refractivity contribution is -0.704. The second-order valence-corrected chi connectivity index (χ2v) is 7.17. The monoisotopic (exact) mass is 407 g/mol. The first kappa shape index (κ1) is 25.5. The van der Waals surface area contributed by atoms with Crippen molar-refractivity contribution in [3.63, 3.8) is 0 Å². The van der Waals surface area contributed by atoms with Gasteiger partial charge >= 0.3 is 0 Å². The summed E-state index contributed by atoms with van der Waals surface area (Å²) in [4.78, 5) is 14.5. The Balaban J connectivity index is 0.000000503. The summed E-state index contributed by atoms with van der Waals surface area (Å²) < 4.78 is 40.7. The fourth-order valence-electron chi connectivity index (χ4n) is 2.10. The normalized spacial score (nSPS) is 13.4. The zero-order valence-corrected chi connectivity index (χ0v) is 17.5. The van der Waals surface area contributed by atoms with Gasteiger partial charge in [-0.1, -0.05) is 39.0 Å². The number of unbranched alkanes of at least 4 members (excludes halogenated alkanes) is 5. The Hall–Kier alpha value is -1.49. The van der Waals surface area contributed by atoms with Gasteiger partial charge in [-0.25, -0.2) is 13.0 Å². The number of nitrogens with zero attached hydrogens (tertiary/aromatic N) is 1. The molecule has 2 N–H and O–H groups in total. The van der Waals surface area contributed by atoms with Crippen molar-refractivity contribution in [2.24, 2.45) is 0 Å². The van der Waals surface area contributed by atoms with Crippen LogP contribution in [0.4, 0.5) is 0 Å². The van der Waals surface area contributed by atoms with Crippen LogP contribution in [0.3, 0.4) is 0 Å². The summed E-state index contributed by atoms with van der Waals surface area (Å²) in [6.07, 6.45) is 11.3. The highest BCUT2D eigenvalue weighted by molar-refractivity contribution is 7.80. The van der Waals surface area contributed by atoms with Gasteiger partial charge in [0.2, 0.25) is 16.7 Å². The van der Waals surface area contributed by atoms with Crippen LogP contribution in [0.25, 0.3) is 0 Å². The largest absolute Gasteiger partial charge is 0.726 e. The van der Waals surface area contributed by atoms with Crippen molar-refractivity contribution in [1.29, 1.82) is 0 Å². The average Bonchev–Trinajstić information content (AvgIpc) is 3.14. The molecule has 2 atom stereocenters. The minimum absolute atomic E-state index is 0.0258. The molecule has 158 valence electrons. The highest BCUT2D eigenvalue weighted by atomic mass is 32.3. The van der Waals surface area contributed by atoms with E-state index in [-0.39, 0.29) is 24.8 Å². The van der Waals surface area contributed by atoms with E-state index in [0.29, 0.717) is 6.42 Å². The molecule has 1 heterocycles. The van der Waals surface area contributed by atoms with E-state index in [1.165, 1.54) is 19.3 Å². The van der Waals surface area contributed by atoms with Gasteiger partial charge in [0.05, 0.1) is 6.61 Å². The van der Waals surface area contributed by atoms with Crippen molar-refractivity contribution in [2.45, 2.75) is 71.6 Å². The molecule has 0 fully saturated rings. The summed E-state index contributed by atoms with van der Waals surface area (Å²) in [5.41, 5.74) is 0. The van der Waals surface area contributed by atoms with Gasteiger partial charge in [-0.05, 0) is 20.3 Å². The zero-order chi connectivity index (χ0) is 20.7. The number of hydrogen-bond acceptors (Lipinski definition) is 6. The highest BCUT2D eigenvalue weighted by Gasteiger charge is 2.19. The molecular formula is C17H33N3O6S. The van der Waals surface area contributed by atoms with Crippen molar-refractivity contribution in [3.8, 4) is 0 Å². The van der Waals surface area contributed by atoms with Gasteiger partial charge in [0, 0.05) is 7.11 Å². The quantitative estimate of drug-likeness (QED) is 0.179. The van der Waals surface area contributed by atoms with E-state index < -0.39 is 10.4 Å². The molecule has 9 nitrogen and oxygen atoms in total. The number of imidazole rings is 1. The molecule has 27 heavy (non-hydrogen) atoms. The molecular weight excluding hydrogens is 374 g/mol. The minimum atomic E-state index is -4.47. The number of carbonyl (C=O) groups excluding carboxylic acids is 1. The first-order valence-electron chi connectivity index (χ1n) is 9.18. The van der Waals surface area contributed by atoms with Crippen LogP contribution in [0.15, 0.2) is 18.7 Å². The molecule has 0 saturated carbocycles. The second-order valence-electron chi connectivity index (χ2n) is 6.12. The highest BCUT2D eigenvalue weighted by Crippen LogP contribution is 2.05. The Morgan fingerprint density at radius 1 is 1.22 bits per heavy atom. The first-order valence-corrected chi connectivity index (χ1v) is 10.5. The third kappa shape index (κ3) is 14.3. The topological polar surface area (TPSA) is 124 Å². The van der Waals surface area contributed by atoms with Crippen molar-refractivity contribution in [3.05, 3.63) is 18.7 Å². The van der Waals surface area contributed by atoms with Crippen molar-refractivity contribution >= 4 is 16.3 Å². The molecule has 0 spiro atoms. The first-order chi connectivity index (χ1) is 12.7. The van der Waals surface area contributed by atoms with E-state index in [2.05, 4.69) is 21.4 Å². The fraction of sp³-hybridized carbons (Fsp3) is 0.765. The predicted octanol–water partition coefficient (Wildman–Crippen LogP) is 1.80. The van der Waals surface area contributed by atoms with Crippen molar-refractivity contribution in [2.75, 3.05) is 13.7 Å². The van der Waals surface area contributed by atoms with Gasteiger partial charge in [0.1, 0.15) is 18.6 Å². The predicted molar refractivity (Wildman–Crippen MR) is 99.3 cm³/mol. The number of rotatable bonds is 12. The molecule has 0 bridgehead atoms. The number of hydrogen-bond donors (Lipinski definition) is 2. The zero-order valence-electron chi connectivity index (χ0n) is 16.6. The Labute approximate surface area is 162 Å². The molecule has 0 aliphatic rings. The third-order valence-corrected chi connectivity index (χ3v) is 4.27. The van der Waals surface area contributed by atoms with Crippen LogP contribution in [0.5, 0.6) is 0 Å². The van der Waals surface area contributed by atoms with E-state index >= 15 is 0 Å². The van der Waals surface area contributed by atoms with E-state index in [4.69, 9.17) is 4.74 Å². The van der Waals surface area contributed by atoms with Gasteiger partial charge < -0.3 is 14.6 Å². The fourth-order valence-corrected chi connectivity index (χ4v) is 2.42. The summed E-state index contributed by atoms with van der Waals surface area (Å²) >= 11 is 0. The molecule has 1 rings (SSSR count). The summed E-state index contributed by atoms with van der Waals surface area (Å²) in [6.45, 7) is 5.77. The minimum Gasteiger partial charge on any atom is -0.726 e. The van der Waals surface area contributed by atoms with Crippen LogP contribution in [0.1, 0.15) is 65.3 Å². The van der Waals surface area contributed by atoms with Crippen molar-refractivity contribution < 1.29 is 31.3 Å². The lowest BCUT2D eigenvalue weighted by Gasteiger charge is -2.14. The molecule has 0 radical (unpaired) electrons. The summed E-state index contributed by atoms with van der Waals surface area (Å²) in [5, 5.41) is 2.72. The number of carbonyl (C=O) groups is 1. The van der Waals surface area contributed by atoms with E-state index in [1.54, 1.807) is 31.1 Å². The summed E-state index contributed by atoms with van der Waals surface area (Å²) in [6, 6.07) is -0.237. The van der Waals surface area contributed by atoms with Crippen LogP contribution < -0.4 is 9.88 Å². The molecule has 0 saturated heterocycles. The Morgan fingerprint density at radius 2 is 1.85 bits per heavy atom. The number of ether oxygens (including phenoxy) is 1. The standard InChI is InChI=1S/C9H15N3O2.C8H18O4S/c1-7(12-5-4-10-6-12)9(13)11-8(2)14-3;1-2-3-4-5-6-7-8-12-13(9,10)11/h4-8H,1-3H3,(H,11,13);2-8H2,1H3,(H,9,10,11)/t7-,8?;/m1./s1. The number of H-pyrrole nitrogens is 1. The number of aromatic amines is 1. The van der Waals surface area contributed by atoms with Crippen LogP contribution in [0.2, 0.25) is 0 Å². The average molecular weight is 408 g/mol. The molecule has 10 heteroatoms. The van der Waals surface area contributed by atoms with Gasteiger partial charge in [-0.3, -0.25) is 14.0 Å². The van der Waals surface area contributed by atoms with Crippen LogP contribution in [-0.2, 0) is 24.1 Å². The van der Waals surface area contributed by atoms with Crippen molar-refractivity contribution in [1.82, 2.24) is 10.3 Å². The number of amides is 1. The van der Waals surface area contributed by atoms with E-state index in [0.717, 1.165) is 12.8 Å². The molecule has 0 aliphatic carbocycles. The van der Waals surface area contributed by atoms with E-state index in [1.807, 2.05) is 13.1 Å². The number of nitrogens with one attached hydrogen (secondary N) is 2. The molecule has 1 aromatic heterocycles. The number of methoxy groups -OCH3 is 1. The maximum Gasteiger partial charge on any atom is 0.267 e. The molecule has 0 aromatic carbocycles. The van der Waals surface area contributed by atoms with Crippen LogP contribution in [-0.4, -0.2) is 43.8 Å². The lowest BCUT2D eigenvalue weighted by atomic mass is 10.1. The molecule has 1 unspecified atom stereocenters. The maximum atomic E-state index is 11.6. The van der Waals surface area contributed by atoms with Crippen LogP contribution in [0, 0.1) is 0 Å². The third-order valence-electron chi connectivity index (χ3n) is 3.82.